The van der Waals surface area contributed by atoms with E-state index in [1.165, 1.54) is 16.4 Å². The van der Waals surface area contributed by atoms with Gasteiger partial charge in [-0.1, -0.05) is 18.2 Å². The van der Waals surface area contributed by atoms with Gasteiger partial charge in [-0.3, -0.25) is 9.10 Å². The molecule has 2 aromatic rings. The van der Waals surface area contributed by atoms with Crippen LogP contribution in [0.15, 0.2) is 42.5 Å². The number of carbonyl (C=O) groups excluding carboxylic acids is 1. The molecule has 0 radical (unpaired) electrons. The number of carbonyl (C=O) groups is 1. The highest BCUT2D eigenvalue weighted by Crippen LogP contribution is 2.22. The molecule has 0 aliphatic carbocycles. The standard InChI is InChI=1S/C19H23FN2O3S/c1-14-10-11-16(13-15(14)2)22(26(3,24)25)12-6-9-19(23)21-18-8-5-4-7-17(18)20/h4-5,7-8,10-11,13H,6,9,12H2,1-3H3,(H,21,23). The number of para-hydroxylation sites is 1. The zero-order valence-corrected chi connectivity index (χ0v) is 15.9. The van der Waals surface area contributed by atoms with Crippen molar-refractivity contribution in [1.29, 1.82) is 0 Å². The van der Waals surface area contributed by atoms with E-state index in [0.717, 1.165) is 17.4 Å². The summed E-state index contributed by atoms with van der Waals surface area (Å²) >= 11 is 0. The number of anilines is 2. The number of amides is 1. The third-order valence-electron chi connectivity index (χ3n) is 4.09. The van der Waals surface area contributed by atoms with Crippen molar-refractivity contribution < 1.29 is 17.6 Å². The Kier molecular flexibility index (Phi) is 6.37. The molecule has 0 atom stereocenters. The lowest BCUT2D eigenvalue weighted by Gasteiger charge is -2.23. The van der Waals surface area contributed by atoms with Crippen LogP contribution in [0.3, 0.4) is 0 Å². The second-order valence-electron chi connectivity index (χ2n) is 6.24. The Morgan fingerprint density at radius 3 is 2.42 bits per heavy atom. The summed E-state index contributed by atoms with van der Waals surface area (Å²) in [5.74, 6) is -0.864. The maximum absolute atomic E-state index is 13.5. The number of sulfonamides is 1. The van der Waals surface area contributed by atoms with Gasteiger partial charge in [0.1, 0.15) is 5.82 Å². The smallest absolute Gasteiger partial charge is 0.232 e. The number of halogens is 1. The van der Waals surface area contributed by atoms with Crippen molar-refractivity contribution in [2.24, 2.45) is 0 Å². The highest BCUT2D eigenvalue weighted by atomic mass is 32.2. The molecule has 1 N–H and O–H groups in total. The van der Waals surface area contributed by atoms with Gasteiger partial charge in [0.2, 0.25) is 15.9 Å². The Balaban J connectivity index is 2.01. The summed E-state index contributed by atoms with van der Waals surface area (Å²) in [7, 11) is -3.47. The molecule has 2 rings (SSSR count). The van der Waals surface area contributed by atoms with Crippen molar-refractivity contribution in [2.75, 3.05) is 22.4 Å². The molecular formula is C19H23FN2O3S. The Morgan fingerprint density at radius 2 is 1.81 bits per heavy atom. The monoisotopic (exact) mass is 378 g/mol. The minimum absolute atomic E-state index is 0.0885. The van der Waals surface area contributed by atoms with Crippen LogP contribution in [0.1, 0.15) is 24.0 Å². The van der Waals surface area contributed by atoms with Gasteiger partial charge in [-0.25, -0.2) is 12.8 Å². The minimum atomic E-state index is -3.47. The second-order valence-corrected chi connectivity index (χ2v) is 8.14. The fourth-order valence-electron chi connectivity index (χ4n) is 2.53. The molecule has 0 bridgehead atoms. The highest BCUT2D eigenvalue weighted by molar-refractivity contribution is 7.92. The third-order valence-corrected chi connectivity index (χ3v) is 5.29. The van der Waals surface area contributed by atoms with Crippen LogP contribution in [0, 0.1) is 19.7 Å². The molecule has 2 aromatic carbocycles. The first kappa shape index (κ1) is 19.9. The summed E-state index contributed by atoms with van der Waals surface area (Å²) < 4.78 is 39.1. The van der Waals surface area contributed by atoms with E-state index >= 15 is 0 Å². The van der Waals surface area contributed by atoms with Crippen molar-refractivity contribution in [3.63, 3.8) is 0 Å². The summed E-state index contributed by atoms with van der Waals surface area (Å²) in [6, 6.07) is 11.3. The maximum Gasteiger partial charge on any atom is 0.232 e. The van der Waals surface area contributed by atoms with Gasteiger partial charge in [-0.15, -0.1) is 0 Å². The average molecular weight is 378 g/mol. The molecule has 0 unspecified atom stereocenters. The van der Waals surface area contributed by atoms with Gasteiger partial charge in [0.25, 0.3) is 0 Å². The lowest BCUT2D eigenvalue weighted by atomic mass is 10.1. The van der Waals surface area contributed by atoms with Gasteiger partial charge in [0.15, 0.2) is 0 Å². The Bertz CT molecular complexity index is 897. The predicted molar refractivity (Wildman–Crippen MR) is 102 cm³/mol. The molecular weight excluding hydrogens is 355 g/mol. The first-order valence-electron chi connectivity index (χ1n) is 8.28. The Morgan fingerprint density at radius 1 is 1.12 bits per heavy atom. The normalized spacial score (nSPS) is 11.2. The van der Waals surface area contributed by atoms with Crippen molar-refractivity contribution in [1.82, 2.24) is 0 Å². The molecule has 0 heterocycles. The summed E-state index contributed by atoms with van der Waals surface area (Å²) in [4.78, 5) is 12.0. The summed E-state index contributed by atoms with van der Waals surface area (Å²) in [5, 5.41) is 2.50. The van der Waals surface area contributed by atoms with Crippen molar-refractivity contribution in [2.45, 2.75) is 26.7 Å². The van der Waals surface area contributed by atoms with E-state index < -0.39 is 15.8 Å². The van der Waals surface area contributed by atoms with Crippen LogP contribution in [-0.4, -0.2) is 27.1 Å². The van der Waals surface area contributed by atoms with Gasteiger partial charge in [-0.05, 0) is 55.7 Å². The molecule has 7 heteroatoms. The Labute approximate surface area is 153 Å². The molecule has 0 saturated carbocycles. The van der Waals surface area contributed by atoms with Crippen LogP contribution in [0.2, 0.25) is 0 Å². The molecule has 0 aromatic heterocycles. The van der Waals surface area contributed by atoms with Crippen LogP contribution in [-0.2, 0) is 14.8 Å². The lowest BCUT2D eigenvalue weighted by molar-refractivity contribution is -0.116. The van der Waals surface area contributed by atoms with Crippen LogP contribution in [0.4, 0.5) is 15.8 Å². The molecule has 0 spiro atoms. The number of hydrogen-bond donors (Lipinski definition) is 1. The summed E-state index contributed by atoms with van der Waals surface area (Å²) in [5.41, 5.74) is 2.76. The zero-order chi connectivity index (χ0) is 19.3. The van der Waals surface area contributed by atoms with Crippen LogP contribution < -0.4 is 9.62 Å². The molecule has 0 fully saturated rings. The number of hydrogen-bond acceptors (Lipinski definition) is 3. The van der Waals surface area contributed by atoms with Crippen molar-refractivity contribution in [3.05, 3.63) is 59.4 Å². The van der Waals surface area contributed by atoms with E-state index in [0.29, 0.717) is 12.1 Å². The summed E-state index contributed by atoms with van der Waals surface area (Å²) in [6.45, 7) is 4.05. The van der Waals surface area contributed by atoms with Gasteiger partial charge in [0.05, 0.1) is 17.6 Å². The Hall–Kier alpha value is -2.41. The molecule has 140 valence electrons. The number of nitrogens with zero attached hydrogens (tertiary/aromatic N) is 1. The van der Waals surface area contributed by atoms with E-state index in [1.807, 2.05) is 26.0 Å². The fourth-order valence-corrected chi connectivity index (χ4v) is 3.48. The van der Waals surface area contributed by atoms with Gasteiger partial charge >= 0.3 is 0 Å². The van der Waals surface area contributed by atoms with Crippen molar-refractivity contribution in [3.8, 4) is 0 Å². The number of aryl methyl sites for hydroxylation is 2. The van der Waals surface area contributed by atoms with E-state index in [1.54, 1.807) is 18.2 Å². The number of nitrogens with one attached hydrogen (secondary N) is 1. The average Bonchev–Trinajstić information content (AvgIpc) is 2.55. The lowest BCUT2D eigenvalue weighted by Crippen LogP contribution is -2.31. The highest BCUT2D eigenvalue weighted by Gasteiger charge is 2.18. The SMILES string of the molecule is Cc1ccc(N(CCCC(=O)Nc2ccccc2F)S(C)(=O)=O)cc1C. The fraction of sp³-hybridized carbons (Fsp3) is 0.316. The maximum atomic E-state index is 13.5. The van der Waals surface area contributed by atoms with E-state index in [4.69, 9.17) is 0 Å². The molecule has 0 saturated heterocycles. The molecule has 0 aliphatic rings. The van der Waals surface area contributed by atoms with E-state index in [-0.39, 0.29) is 24.6 Å². The minimum Gasteiger partial charge on any atom is -0.324 e. The topological polar surface area (TPSA) is 66.5 Å². The molecule has 0 aliphatic heterocycles. The number of rotatable bonds is 7. The predicted octanol–water partition coefficient (Wildman–Crippen LogP) is 3.63. The largest absolute Gasteiger partial charge is 0.324 e. The first-order valence-corrected chi connectivity index (χ1v) is 10.1. The van der Waals surface area contributed by atoms with Crippen LogP contribution in [0.5, 0.6) is 0 Å². The summed E-state index contributed by atoms with van der Waals surface area (Å²) in [6.07, 6.45) is 1.55. The molecule has 1 amide bonds. The van der Waals surface area contributed by atoms with Crippen LogP contribution >= 0.6 is 0 Å². The van der Waals surface area contributed by atoms with Gasteiger partial charge in [0, 0.05) is 13.0 Å². The van der Waals surface area contributed by atoms with Crippen molar-refractivity contribution >= 4 is 27.3 Å². The quantitative estimate of drug-likeness (QED) is 0.800. The first-order chi connectivity index (χ1) is 12.2. The third kappa shape index (κ3) is 5.29. The number of benzene rings is 2. The van der Waals surface area contributed by atoms with Gasteiger partial charge < -0.3 is 5.32 Å². The molecule has 5 nitrogen and oxygen atoms in total. The van der Waals surface area contributed by atoms with E-state index in [9.17, 15) is 17.6 Å². The van der Waals surface area contributed by atoms with Crippen LogP contribution in [0.25, 0.3) is 0 Å². The van der Waals surface area contributed by atoms with Gasteiger partial charge in [-0.2, -0.15) is 0 Å². The second kappa shape index (κ2) is 8.31. The van der Waals surface area contributed by atoms with E-state index in [2.05, 4.69) is 5.32 Å². The molecule has 26 heavy (non-hydrogen) atoms. The zero-order valence-electron chi connectivity index (χ0n) is 15.1.